The molecule has 9 nitrogen and oxygen atoms in total. The van der Waals surface area contributed by atoms with Crippen molar-refractivity contribution in [3.05, 3.63) is 106 Å². The van der Waals surface area contributed by atoms with Gasteiger partial charge in [-0.1, -0.05) is 48.5 Å². The van der Waals surface area contributed by atoms with Crippen molar-refractivity contribution in [2.24, 2.45) is 0 Å². The lowest BCUT2D eigenvalue weighted by Gasteiger charge is -2.17. The quantitative estimate of drug-likeness (QED) is 0.197. The van der Waals surface area contributed by atoms with Crippen LogP contribution < -0.4 is 5.32 Å². The first-order chi connectivity index (χ1) is 17.5. The fraction of sp³-hybridized carbons (Fsp3) is 0.185. The Morgan fingerprint density at radius 3 is 2.44 bits per heavy atom. The average molecular weight is 486 g/mol. The van der Waals surface area contributed by atoms with Crippen LogP contribution in [0.1, 0.15) is 15.9 Å². The van der Waals surface area contributed by atoms with E-state index in [1.165, 1.54) is 11.0 Å². The molecule has 9 heteroatoms. The highest BCUT2D eigenvalue weighted by Crippen LogP contribution is 2.28. The van der Waals surface area contributed by atoms with E-state index in [1.54, 1.807) is 31.0 Å². The number of hydrogen-bond acceptors (Lipinski definition) is 6. The third kappa shape index (κ3) is 5.59. The van der Waals surface area contributed by atoms with Crippen molar-refractivity contribution in [1.82, 2.24) is 14.7 Å². The Hall–Kier alpha value is -4.50. The topological polar surface area (TPSA) is 103 Å². The summed E-state index contributed by atoms with van der Waals surface area (Å²) in [6, 6.07) is 24.0. The third-order valence-electron chi connectivity index (χ3n) is 5.68. The zero-order valence-corrected chi connectivity index (χ0v) is 20.1. The van der Waals surface area contributed by atoms with Gasteiger partial charge in [0.05, 0.1) is 22.9 Å². The Balaban J connectivity index is 1.61. The van der Waals surface area contributed by atoms with Gasteiger partial charge in [0.2, 0.25) is 0 Å². The SMILES string of the molecule is COCCNc1ccc(C(=O)N(C)Cc2cn(-c3ccccc3)nc2-c2ccccc2)cc1[N+](=O)[O-]. The second kappa shape index (κ2) is 11.3. The van der Waals surface area contributed by atoms with Crippen LogP contribution >= 0.6 is 0 Å². The van der Waals surface area contributed by atoms with Gasteiger partial charge in [0.1, 0.15) is 5.69 Å². The predicted molar refractivity (Wildman–Crippen MR) is 138 cm³/mol. The second-order valence-corrected chi connectivity index (χ2v) is 8.22. The number of benzene rings is 3. The first-order valence-electron chi connectivity index (χ1n) is 11.4. The number of anilines is 1. The van der Waals surface area contributed by atoms with E-state index in [1.807, 2.05) is 66.9 Å². The van der Waals surface area contributed by atoms with Gasteiger partial charge in [0, 0.05) is 56.2 Å². The normalized spacial score (nSPS) is 10.7. The smallest absolute Gasteiger partial charge is 0.293 e. The highest BCUT2D eigenvalue weighted by atomic mass is 16.6. The highest BCUT2D eigenvalue weighted by Gasteiger charge is 2.21. The van der Waals surface area contributed by atoms with Crippen LogP contribution in [0.25, 0.3) is 16.9 Å². The van der Waals surface area contributed by atoms with Gasteiger partial charge in [-0.2, -0.15) is 5.10 Å². The van der Waals surface area contributed by atoms with Gasteiger partial charge >= 0.3 is 0 Å². The molecule has 3 aromatic carbocycles. The molecule has 4 rings (SSSR count). The molecule has 36 heavy (non-hydrogen) atoms. The maximum absolute atomic E-state index is 13.3. The minimum Gasteiger partial charge on any atom is -0.383 e. The largest absolute Gasteiger partial charge is 0.383 e. The van der Waals surface area contributed by atoms with Crippen molar-refractivity contribution in [1.29, 1.82) is 0 Å². The Labute approximate surface area is 209 Å². The van der Waals surface area contributed by atoms with E-state index >= 15 is 0 Å². The van der Waals surface area contributed by atoms with E-state index < -0.39 is 4.92 Å². The number of nitrogens with one attached hydrogen (secondary N) is 1. The van der Waals surface area contributed by atoms with Crippen LogP contribution in [0.5, 0.6) is 0 Å². The van der Waals surface area contributed by atoms with E-state index in [9.17, 15) is 14.9 Å². The molecule has 1 N–H and O–H groups in total. The summed E-state index contributed by atoms with van der Waals surface area (Å²) >= 11 is 0. The summed E-state index contributed by atoms with van der Waals surface area (Å²) in [5, 5.41) is 19.4. The molecular weight excluding hydrogens is 458 g/mol. The number of ether oxygens (including phenoxy) is 1. The molecule has 0 aliphatic carbocycles. The number of aromatic nitrogens is 2. The van der Waals surface area contributed by atoms with Gasteiger partial charge < -0.3 is 15.0 Å². The van der Waals surface area contributed by atoms with Gasteiger partial charge in [-0.05, 0) is 24.3 Å². The lowest BCUT2D eigenvalue weighted by atomic mass is 10.1. The van der Waals surface area contributed by atoms with Gasteiger partial charge in [-0.15, -0.1) is 0 Å². The van der Waals surface area contributed by atoms with Crippen LogP contribution in [0.3, 0.4) is 0 Å². The first kappa shape index (κ1) is 24.6. The molecule has 1 aromatic heterocycles. The fourth-order valence-electron chi connectivity index (χ4n) is 3.88. The van der Waals surface area contributed by atoms with Crippen LogP contribution in [0.15, 0.2) is 85.1 Å². The molecule has 0 saturated heterocycles. The number of methoxy groups -OCH3 is 1. The maximum atomic E-state index is 13.3. The number of carbonyl (C=O) groups is 1. The molecule has 0 spiro atoms. The van der Waals surface area contributed by atoms with E-state index in [0.29, 0.717) is 18.8 Å². The minimum absolute atomic E-state index is 0.160. The molecule has 0 aliphatic heterocycles. The molecule has 0 unspecified atom stereocenters. The third-order valence-corrected chi connectivity index (χ3v) is 5.68. The van der Waals surface area contributed by atoms with Gasteiger partial charge in [0.25, 0.3) is 11.6 Å². The van der Waals surface area contributed by atoms with E-state index in [4.69, 9.17) is 9.84 Å². The molecule has 0 aliphatic rings. The molecule has 0 fully saturated rings. The minimum atomic E-state index is -0.497. The fourth-order valence-corrected chi connectivity index (χ4v) is 3.88. The molecule has 184 valence electrons. The average Bonchev–Trinajstić information content (AvgIpc) is 3.33. The first-order valence-corrected chi connectivity index (χ1v) is 11.4. The monoisotopic (exact) mass is 485 g/mol. The molecule has 0 bridgehead atoms. The number of carbonyl (C=O) groups excluding carboxylic acids is 1. The van der Waals surface area contributed by atoms with Gasteiger partial charge in [0.15, 0.2) is 0 Å². The van der Waals surface area contributed by atoms with Crippen LogP contribution in [-0.4, -0.2) is 52.8 Å². The number of nitro benzene ring substituents is 1. The summed E-state index contributed by atoms with van der Waals surface area (Å²) in [7, 11) is 3.23. The Morgan fingerprint density at radius 2 is 1.78 bits per heavy atom. The summed E-state index contributed by atoms with van der Waals surface area (Å²) in [5.74, 6) is -0.326. The number of rotatable bonds is 10. The molecule has 1 amide bonds. The highest BCUT2D eigenvalue weighted by molar-refractivity contribution is 5.95. The second-order valence-electron chi connectivity index (χ2n) is 8.22. The molecular formula is C27H27N5O4. The summed E-state index contributed by atoms with van der Waals surface area (Å²) in [6.07, 6.45) is 1.91. The lowest BCUT2D eigenvalue weighted by molar-refractivity contribution is -0.384. The number of nitrogens with zero attached hydrogens (tertiary/aromatic N) is 4. The Bertz CT molecular complexity index is 1340. The summed E-state index contributed by atoms with van der Waals surface area (Å²) < 4.78 is 6.78. The summed E-state index contributed by atoms with van der Waals surface area (Å²) in [5.41, 5.74) is 3.88. The summed E-state index contributed by atoms with van der Waals surface area (Å²) in [4.78, 5) is 25.9. The van der Waals surface area contributed by atoms with Crippen molar-refractivity contribution < 1.29 is 14.5 Å². The van der Waals surface area contributed by atoms with Crippen LogP contribution in [0.4, 0.5) is 11.4 Å². The maximum Gasteiger partial charge on any atom is 0.293 e. The molecule has 1 heterocycles. The standard InChI is InChI=1S/C27H27N5O4/c1-30(27(33)21-13-14-24(28-15-16-36-2)25(17-21)32(34)35)18-22-19-31(23-11-7-4-8-12-23)29-26(22)20-9-5-3-6-10-20/h3-14,17,19,28H,15-16,18H2,1-2H3. The van der Waals surface area contributed by atoms with Gasteiger partial charge in [-0.3, -0.25) is 14.9 Å². The van der Waals surface area contributed by atoms with Crippen LogP contribution in [-0.2, 0) is 11.3 Å². The number of amides is 1. The van der Waals surface area contributed by atoms with Crippen molar-refractivity contribution >= 4 is 17.3 Å². The predicted octanol–water partition coefficient (Wildman–Crippen LogP) is 4.78. The number of para-hydroxylation sites is 1. The molecule has 0 saturated carbocycles. The van der Waals surface area contributed by atoms with Crippen LogP contribution in [0, 0.1) is 10.1 Å². The lowest BCUT2D eigenvalue weighted by Crippen LogP contribution is -2.26. The number of hydrogen-bond donors (Lipinski definition) is 1. The van der Waals surface area contributed by atoms with E-state index in [0.717, 1.165) is 22.5 Å². The van der Waals surface area contributed by atoms with Crippen molar-refractivity contribution in [3.8, 4) is 16.9 Å². The Morgan fingerprint density at radius 1 is 1.08 bits per heavy atom. The zero-order valence-electron chi connectivity index (χ0n) is 20.1. The molecule has 0 radical (unpaired) electrons. The van der Waals surface area contributed by atoms with Gasteiger partial charge in [-0.25, -0.2) is 4.68 Å². The van der Waals surface area contributed by atoms with E-state index in [2.05, 4.69) is 5.32 Å². The van der Waals surface area contributed by atoms with Crippen molar-refractivity contribution in [2.75, 3.05) is 32.6 Å². The van der Waals surface area contributed by atoms with Crippen molar-refractivity contribution in [2.45, 2.75) is 6.54 Å². The van der Waals surface area contributed by atoms with E-state index in [-0.39, 0.29) is 23.7 Å². The number of nitro groups is 1. The van der Waals surface area contributed by atoms with Crippen molar-refractivity contribution in [3.63, 3.8) is 0 Å². The molecule has 4 aromatic rings. The molecule has 0 atom stereocenters. The van der Waals surface area contributed by atoms with Crippen LogP contribution in [0.2, 0.25) is 0 Å². The summed E-state index contributed by atoms with van der Waals surface area (Å²) in [6.45, 7) is 1.09. The Kier molecular flexibility index (Phi) is 7.72. The zero-order chi connectivity index (χ0) is 25.5.